The van der Waals surface area contributed by atoms with Gasteiger partial charge in [0.25, 0.3) is 0 Å². The number of amides is 1. The number of carbonyl (C=O) groups is 1. The van der Waals surface area contributed by atoms with Gasteiger partial charge in [0, 0.05) is 13.1 Å². The van der Waals surface area contributed by atoms with Crippen molar-refractivity contribution in [2.75, 3.05) is 46.5 Å². The summed E-state index contributed by atoms with van der Waals surface area (Å²) < 4.78 is 38.4. The van der Waals surface area contributed by atoms with E-state index in [0.717, 1.165) is 23.5 Å². The van der Waals surface area contributed by atoms with E-state index in [2.05, 4.69) is 5.32 Å². The summed E-state index contributed by atoms with van der Waals surface area (Å²) in [5, 5.41) is 2.70. The quantitative estimate of drug-likeness (QED) is 0.625. The van der Waals surface area contributed by atoms with Crippen molar-refractivity contribution in [3.63, 3.8) is 0 Å². The molecule has 0 unspecified atom stereocenters. The van der Waals surface area contributed by atoms with Gasteiger partial charge in [-0.05, 0) is 45.1 Å². The third-order valence-electron chi connectivity index (χ3n) is 3.48. The SMILES string of the molecule is CN(C)CCCNC(=O)CN(CCc1ccccc1F)S(C)(=O)=O. The first-order chi connectivity index (χ1) is 11.2. The molecule has 1 rings (SSSR count). The van der Waals surface area contributed by atoms with Gasteiger partial charge in [-0.1, -0.05) is 18.2 Å². The van der Waals surface area contributed by atoms with Crippen LogP contribution in [0.2, 0.25) is 0 Å². The van der Waals surface area contributed by atoms with E-state index in [1.807, 2.05) is 19.0 Å². The zero-order chi connectivity index (χ0) is 18.2. The number of nitrogens with one attached hydrogen (secondary N) is 1. The highest BCUT2D eigenvalue weighted by atomic mass is 32.2. The lowest BCUT2D eigenvalue weighted by atomic mass is 10.1. The van der Waals surface area contributed by atoms with Crippen LogP contribution < -0.4 is 5.32 Å². The van der Waals surface area contributed by atoms with Crippen LogP contribution in [0.5, 0.6) is 0 Å². The van der Waals surface area contributed by atoms with Crippen molar-refractivity contribution in [1.29, 1.82) is 0 Å². The second-order valence-corrected chi connectivity index (χ2v) is 7.93. The minimum Gasteiger partial charge on any atom is -0.355 e. The van der Waals surface area contributed by atoms with Crippen LogP contribution >= 0.6 is 0 Å². The summed E-state index contributed by atoms with van der Waals surface area (Å²) in [5.41, 5.74) is 0.428. The van der Waals surface area contributed by atoms with E-state index in [9.17, 15) is 17.6 Å². The highest BCUT2D eigenvalue weighted by Crippen LogP contribution is 2.09. The van der Waals surface area contributed by atoms with Gasteiger partial charge in [0.2, 0.25) is 15.9 Å². The number of carbonyl (C=O) groups excluding carboxylic acids is 1. The van der Waals surface area contributed by atoms with E-state index in [4.69, 9.17) is 0 Å². The van der Waals surface area contributed by atoms with Gasteiger partial charge in [-0.2, -0.15) is 4.31 Å². The molecule has 1 N–H and O–H groups in total. The number of hydrogen-bond acceptors (Lipinski definition) is 4. The second kappa shape index (κ2) is 9.71. The highest BCUT2D eigenvalue weighted by molar-refractivity contribution is 7.88. The van der Waals surface area contributed by atoms with Gasteiger partial charge < -0.3 is 10.2 Å². The molecule has 1 aromatic carbocycles. The second-order valence-electron chi connectivity index (χ2n) is 5.94. The zero-order valence-corrected chi connectivity index (χ0v) is 15.3. The standard InChI is InChI=1S/C16H26FN3O3S/c1-19(2)11-6-10-18-16(21)13-20(24(3,22)23)12-9-14-7-4-5-8-15(14)17/h4-5,7-8H,6,9-13H2,1-3H3,(H,18,21). The Morgan fingerprint density at radius 3 is 2.46 bits per heavy atom. The summed E-state index contributed by atoms with van der Waals surface area (Å²) in [6.07, 6.45) is 2.05. The fourth-order valence-corrected chi connectivity index (χ4v) is 2.92. The monoisotopic (exact) mass is 359 g/mol. The number of sulfonamides is 1. The molecule has 0 aliphatic carbocycles. The Hall–Kier alpha value is -1.51. The van der Waals surface area contributed by atoms with Crippen LogP contribution in [0.1, 0.15) is 12.0 Å². The summed E-state index contributed by atoms with van der Waals surface area (Å²) >= 11 is 0. The molecule has 0 radical (unpaired) electrons. The van der Waals surface area contributed by atoms with Crippen LogP contribution in [0, 0.1) is 5.82 Å². The van der Waals surface area contributed by atoms with Crippen molar-refractivity contribution in [2.45, 2.75) is 12.8 Å². The predicted molar refractivity (Wildman–Crippen MR) is 92.7 cm³/mol. The number of rotatable bonds is 10. The largest absolute Gasteiger partial charge is 0.355 e. The third kappa shape index (κ3) is 7.85. The van der Waals surface area contributed by atoms with Gasteiger partial charge in [-0.25, -0.2) is 12.8 Å². The number of benzene rings is 1. The molecular weight excluding hydrogens is 333 g/mol. The molecule has 0 spiro atoms. The van der Waals surface area contributed by atoms with Gasteiger partial charge >= 0.3 is 0 Å². The third-order valence-corrected chi connectivity index (χ3v) is 4.73. The van der Waals surface area contributed by atoms with E-state index < -0.39 is 10.0 Å². The molecule has 0 aliphatic rings. The summed E-state index contributed by atoms with van der Waals surface area (Å²) in [6, 6.07) is 6.21. The van der Waals surface area contributed by atoms with Gasteiger partial charge in [-0.15, -0.1) is 0 Å². The Morgan fingerprint density at radius 1 is 1.21 bits per heavy atom. The van der Waals surface area contributed by atoms with Crippen LogP contribution in [-0.2, 0) is 21.2 Å². The molecule has 0 saturated heterocycles. The Balaban J connectivity index is 2.54. The summed E-state index contributed by atoms with van der Waals surface area (Å²) in [4.78, 5) is 13.9. The molecule has 0 aromatic heterocycles. The van der Waals surface area contributed by atoms with E-state index in [-0.39, 0.29) is 31.2 Å². The molecule has 6 nitrogen and oxygen atoms in total. The molecule has 0 saturated carbocycles. The number of nitrogens with zero attached hydrogens (tertiary/aromatic N) is 2. The molecule has 0 bridgehead atoms. The maximum atomic E-state index is 13.6. The van der Waals surface area contributed by atoms with Crippen molar-refractivity contribution in [3.8, 4) is 0 Å². The van der Waals surface area contributed by atoms with Crippen LogP contribution in [0.4, 0.5) is 4.39 Å². The summed E-state index contributed by atoms with van der Waals surface area (Å²) in [7, 11) is 0.336. The lowest BCUT2D eigenvalue weighted by molar-refractivity contribution is -0.121. The Morgan fingerprint density at radius 2 is 1.88 bits per heavy atom. The smallest absolute Gasteiger partial charge is 0.235 e. The fourth-order valence-electron chi connectivity index (χ4n) is 2.15. The first-order valence-electron chi connectivity index (χ1n) is 7.80. The van der Waals surface area contributed by atoms with Gasteiger partial charge in [0.05, 0.1) is 12.8 Å². The maximum absolute atomic E-state index is 13.6. The van der Waals surface area contributed by atoms with Crippen molar-refractivity contribution in [2.24, 2.45) is 0 Å². The van der Waals surface area contributed by atoms with Gasteiger partial charge in [0.15, 0.2) is 0 Å². The van der Waals surface area contributed by atoms with E-state index in [1.54, 1.807) is 18.2 Å². The lowest BCUT2D eigenvalue weighted by Gasteiger charge is -2.19. The summed E-state index contributed by atoms with van der Waals surface area (Å²) in [5.74, 6) is -0.730. The lowest BCUT2D eigenvalue weighted by Crippen LogP contribution is -2.41. The molecule has 136 valence electrons. The molecule has 1 amide bonds. The zero-order valence-electron chi connectivity index (χ0n) is 14.5. The molecule has 0 fully saturated rings. The van der Waals surface area contributed by atoms with E-state index in [1.165, 1.54) is 6.07 Å². The topological polar surface area (TPSA) is 69.7 Å². The Labute approximate surface area is 143 Å². The number of halogens is 1. The van der Waals surface area contributed by atoms with E-state index >= 15 is 0 Å². The van der Waals surface area contributed by atoms with Crippen LogP contribution in [0.25, 0.3) is 0 Å². The van der Waals surface area contributed by atoms with E-state index in [0.29, 0.717) is 12.1 Å². The molecular formula is C16H26FN3O3S. The van der Waals surface area contributed by atoms with Crippen molar-refractivity contribution in [3.05, 3.63) is 35.6 Å². The molecule has 24 heavy (non-hydrogen) atoms. The first kappa shape index (κ1) is 20.5. The van der Waals surface area contributed by atoms with Crippen molar-refractivity contribution < 1.29 is 17.6 Å². The van der Waals surface area contributed by atoms with Gasteiger partial charge in [-0.3, -0.25) is 4.79 Å². The number of hydrogen-bond donors (Lipinski definition) is 1. The maximum Gasteiger partial charge on any atom is 0.235 e. The predicted octanol–water partition coefficient (Wildman–Crippen LogP) is 0.698. The molecule has 0 aliphatic heterocycles. The van der Waals surface area contributed by atoms with Crippen LogP contribution in [-0.4, -0.2) is 70.1 Å². The average Bonchev–Trinajstić information content (AvgIpc) is 2.48. The Bertz CT molecular complexity index is 635. The summed E-state index contributed by atoms with van der Waals surface area (Å²) in [6.45, 7) is 1.13. The van der Waals surface area contributed by atoms with Crippen LogP contribution in [0.3, 0.4) is 0 Å². The normalized spacial score (nSPS) is 11.9. The molecule has 0 atom stereocenters. The minimum atomic E-state index is -3.55. The van der Waals surface area contributed by atoms with Gasteiger partial charge in [0.1, 0.15) is 5.82 Å². The Kier molecular flexibility index (Phi) is 8.30. The first-order valence-corrected chi connectivity index (χ1v) is 9.65. The molecule has 1 aromatic rings. The highest BCUT2D eigenvalue weighted by Gasteiger charge is 2.20. The van der Waals surface area contributed by atoms with Crippen molar-refractivity contribution in [1.82, 2.24) is 14.5 Å². The van der Waals surface area contributed by atoms with Crippen LogP contribution in [0.15, 0.2) is 24.3 Å². The fraction of sp³-hybridized carbons (Fsp3) is 0.562. The minimum absolute atomic E-state index is 0.0604. The van der Waals surface area contributed by atoms with Crippen molar-refractivity contribution >= 4 is 15.9 Å². The molecule has 0 heterocycles. The molecule has 8 heteroatoms. The average molecular weight is 359 g/mol.